The Morgan fingerprint density at radius 3 is 2.73 bits per heavy atom. The first-order valence-corrected chi connectivity index (χ1v) is 5.33. The summed E-state index contributed by atoms with van der Waals surface area (Å²) in [5.74, 6) is -2.63. The Labute approximate surface area is 90.0 Å². The molecule has 0 spiro atoms. The van der Waals surface area contributed by atoms with Gasteiger partial charge < -0.3 is 0 Å². The Hall–Kier alpha value is -1.06. The van der Waals surface area contributed by atoms with Gasteiger partial charge >= 0.3 is 0 Å². The molecule has 80 valence electrons. The van der Waals surface area contributed by atoms with Crippen molar-refractivity contribution in [2.75, 3.05) is 13.1 Å². The van der Waals surface area contributed by atoms with Gasteiger partial charge in [-0.1, -0.05) is 0 Å². The van der Waals surface area contributed by atoms with Crippen LogP contribution in [0.5, 0.6) is 0 Å². The van der Waals surface area contributed by atoms with E-state index in [1.807, 2.05) is 6.07 Å². The fourth-order valence-corrected chi connectivity index (χ4v) is 2.49. The number of rotatable bonds is 2. The Balaban J connectivity index is 2.14. The predicted molar refractivity (Wildman–Crippen MR) is 51.7 cm³/mol. The van der Waals surface area contributed by atoms with Gasteiger partial charge in [-0.3, -0.25) is 4.90 Å². The first kappa shape index (κ1) is 10.5. The number of likely N-dealkylation sites (tertiary alicyclic amines) is 1. The first-order chi connectivity index (χ1) is 7.03. The lowest BCUT2D eigenvalue weighted by molar-refractivity contribution is -0.139. The first-order valence-electron chi connectivity index (χ1n) is 4.45. The van der Waals surface area contributed by atoms with E-state index in [1.54, 1.807) is 12.4 Å². The minimum Gasteiger partial charge on any atom is -0.271 e. The van der Waals surface area contributed by atoms with Gasteiger partial charge in [0.2, 0.25) is 0 Å². The molecule has 0 amide bonds. The van der Waals surface area contributed by atoms with Gasteiger partial charge in [0, 0.05) is 0 Å². The second kappa shape index (κ2) is 3.51. The predicted octanol–water partition coefficient (Wildman–Crippen LogP) is 1.97. The molecule has 1 fully saturated rings. The minimum absolute atomic E-state index is 0.331. The summed E-state index contributed by atoms with van der Waals surface area (Å²) in [6.45, 7) is 1.12. The molecule has 1 unspecified atom stereocenters. The van der Waals surface area contributed by atoms with Crippen molar-refractivity contribution in [2.45, 2.75) is 18.9 Å². The van der Waals surface area contributed by atoms with Gasteiger partial charge in [0.25, 0.3) is 5.92 Å². The van der Waals surface area contributed by atoms with Crippen molar-refractivity contribution in [1.29, 1.82) is 5.26 Å². The van der Waals surface area contributed by atoms with Gasteiger partial charge in [-0.05, 0) is 6.92 Å². The summed E-state index contributed by atoms with van der Waals surface area (Å²) < 4.78 is 25.3. The van der Waals surface area contributed by atoms with Gasteiger partial charge in [0.1, 0.15) is 6.04 Å². The highest BCUT2D eigenvalue weighted by Gasteiger charge is 2.47. The molecule has 1 aliphatic rings. The largest absolute Gasteiger partial charge is 0.273 e. The van der Waals surface area contributed by atoms with Crippen molar-refractivity contribution >= 4 is 11.3 Å². The minimum atomic E-state index is -2.63. The fraction of sp³-hybridized carbons (Fsp3) is 0.556. The molecule has 1 aromatic rings. The van der Waals surface area contributed by atoms with Gasteiger partial charge in [-0.2, -0.15) is 5.26 Å². The number of thiazole rings is 1. The molecule has 0 saturated carbocycles. The summed E-state index contributed by atoms with van der Waals surface area (Å²) in [6, 6.07) is 1.48. The van der Waals surface area contributed by atoms with Crippen LogP contribution in [-0.4, -0.2) is 28.9 Å². The molecule has 0 N–H and O–H groups in total. The van der Waals surface area contributed by atoms with Crippen LogP contribution in [0.15, 0.2) is 5.51 Å². The maximum atomic E-state index is 12.7. The van der Waals surface area contributed by atoms with Gasteiger partial charge in [-0.15, -0.1) is 11.3 Å². The molecule has 1 aliphatic heterocycles. The third kappa shape index (κ3) is 1.85. The van der Waals surface area contributed by atoms with E-state index in [0.717, 1.165) is 10.6 Å². The molecule has 1 saturated heterocycles. The zero-order valence-electron chi connectivity index (χ0n) is 8.07. The summed E-state index contributed by atoms with van der Waals surface area (Å²) in [4.78, 5) is 6.26. The van der Waals surface area contributed by atoms with Crippen molar-refractivity contribution in [2.24, 2.45) is 0 Å². The third-order valence-corrected chi connectivity index (χ3v) is 3.37. The van der Waals surface area contributed by atoms with Gasteiger partial charge in [0.05, 0.1) is 35.2 Å². The van der Waals surface area contributed by atoms with E-state index in [2.05, 4.69) is 4.98 Å². The lowest BCUT2D eigenvalue weighted by atomic mass is 10.1. The van der Waals surface area contributed by atoms with E-state index in [9.17, 15) is 8.78 Å². The molecule has 0 aromatic carbocycles. The number of aryl methyl sites for hydroxylation is 1. The van der Waals surface area contributed by atoms with Crippen molar-refractivity contribution in [3.63, 3.8) is 0 Å². The summed E-state index contributed by atoms with van der Waals surface area (Å²) in [5, 5.41) is 8.97. The average Bonchev–Trinajstić information content (AvgIpc) is 2.51. The maximum Gasteiger partial charge on any atom is 0.273 e. The monoisotopic (exact) mass is 229 g/mol. The molecule has 0 bridgehead atoms. The smallest absolute Gasteiger partial charge is 0.271 e. The summed E-state index contributed by atoms with van der Waals surface area (Å²) in [5.41, 5.74) is 2.38. The third-order valence-electron chi connectivity index (χ3n) is 2.39. The highest BCUT2D eigenvalue weighted by atomic mass is 32.1. The van der Waals surface area contributed by atoms with Crippen molar-refractivity contribution in [3.8, 4) is 6.07 Å². The second-order valence-corrected chi connectivity index (χ2v) is 4.48. The highest BCUT2D eigenvalue weighted by Crippen LogP contribution is 2.36. The Morgan fingerprint density at radius 2 is 2.33 bits per heavy atom. The van der Waals surface area contributed by atoms with E-state index < -0.39 is 12.0 Å². The van der Waals surface area contributed by atoms with Crippen molar-refractivity contribution in [3.05, 3.63) is 16.1 Å². The molecular weight excluding hydrogens is 220 g/mol. The van der Waals surface area contributed by atoms with Crippen LogP contribution >= 0.6 is 11.3 Å². The molecule has 1 atom stereocenters. The van der Waals surface area contributed by atoms with Crippen LogP contribution in [0.4, 0.5) is 8.78 Å². The zero-order chi connectivity index (χ0) is 11.1. The average molecular weight is 229 g/mol. The molecule has 2 heterocycles. The Bertz CT molecular complexity index is 402. The SMILES string of the molecule is Cc1ncsc1C(C#N)N1CC(F)(F)C1. The quantitative estimate of drug-likeness (QED) is 0.778. The van der Waals surface area contributed by atoms with Crippen LogP contribution in [0.2, 0.25) is 0 Å². The molecular formula is C9H9F2N3S. The van der Waals surface area contributed by atoms with Crippen LogP contribution in [0.3, 0.4) is 0 Å². The Morgan fingerprint density at radius 1 is 1.67 bits per heavy atom. The number of halogens is 2. The van der Waals surface area contributed by atoms with E-state index in [0.29, 0.717) is 0 Å². The molecule has 0 aliphatic carbocycles. The Kier molecular flexibility index (Phi) is 2.44. The lowest BCUT2D eigenvalue weighted by Crippen LogP contribution is -2.56. The second-order valence-electron chi connectivity index (χ2n) is 3.59. The van der Waals surface area contributed by atoms with Crippen LogP contribution in [0, 0.1) is 18.3 Å². The van der Waals surface area contributed by atoms with Crippen molar-refractivity contribution in [1.82, 2.24) is 9.88 Å². The van der Waals surface area contributed by atoms with E-state index in [-0.39, 0.29) is 13.1 Å². The van der Waals surface area contributed by atoms with Crippen LogP contribution < -0.4 is 0 Å². The van der Waals surface area contributed by atoms with Gasteiger partial charge in [0.15, 0.2) is 0 Å². The van der Waals surface area contributed by atoms with Crippen molar-refractivity contribution < 1.29 is 8.78 Å². The standard InChI is InChI=1S/C9H9F2N3S/c1-6-8(15-5-13-6)7(2-12)14-3-9(10,11)4-14/h5,7H,3-4H2,1H3. The number of nitrogens with zero attached hydrogens (tertiary/aromatic N) is 3. The van der Waals surface area contributed by atoms with E-state index >= 15 is 0 Å². The number of aromatic nitrogens is 1. The number of hydrogen-bond donors (Lipinski definition) is 0. The number of nitriles is 1. The molecule has 6 heteroatoms. The van der Waals surface area contributed by atoms with Gasteiger partial charge in [-0.25, -0.2) is 13.8 Å². The van der Waals surface area contributed by atoms with Crippen LogP contribution in [-0.2, 0) is 0 Å². The molecule has 1 aromatic heterocycles. The summed E-state index contributed by atoms with van der Waals surface area (Å²) in [6.07, 6.45) is 0. The number of alkyl halides is 2. The van der Waals surface area contributed by atoms with E-state index in [1.165, 1.54) is 16.2 Å². The summed E-state index contributed by atoms with van der Waals surface area (Å²) >= 11 is 1.34. The maximum absolute atomic E-state index is 12.7. The molecule has 3 nitrogen and oxygen atoms in total. The van der Waals surface area contributed by atoms with Crippen LogP contribution in [0.25, 0.3) is 0 Å². The normalized spacial score (nSPS) is 21.7. The number of hydrogen-bond acceptors (Lipinski definition) is 4. The molecule has 2 rings (SSSR count). The molecule has 15 heavy (non-hydrogen) atoms. The highest BCUT2D eigenvalue weighted by molar-refractivity contribution is 7.09. The van der Waals surface area contributed by atoms with E-state index in [4.69, 9.17) is 5.26 Å². The summed E-state index contributed by atoms with van der Waals surface area (Å²) in [7, 11) is 0. The lowest BCUT2D eigenvalue weighted by Gasteiger charge is -2.40. The zero-order valence-corrected chi connectivity index (χ0v) is 8.89. The molecule has 0 radical (unpaired) electrons. The van der Waals surface area contributed by atoms with Crippen LogP contribution in [0.1, 0.15) is 16.6 Å². The topological polar surface area (TPSA) is 39.9 Å². The fourth-order valence-electron chi connectivity index (χ4n) is 1.61.